The van der Waals surface area contributed by atoms with Crippen LogP contribution in [0.15, 0.2) is 36.4 Å². The van der Waals surface area contributed by atoms with Gasteiger partial charge in [0.2, 0.25) is 0 Å². The van der Waals surface area contributed by atoms with Gasteiger partial charge in [0.05, 0.1) is 13.7 Å². The first-order valence-corrected chi connectivity index (χ1v) is 5.65. The van der Waals surface area contributed by atoms with Gasteiger partial charge in [-0.15, -0.1) is 0 Å². The predicted octanol–water partition coefficient (Wildman–Crippen LogP) is 2.28. The van der Waals surface area contributed by atoms with Crippen molar-refractivity contribution in [3.8, 4) is 5.75 Å². The number of ether oxygens (including phenoxy) is 2. The summed E-state index contributed by atoms with van der Waals surface area (Å²) < 4.78 is 10.3. The van der Waals surface area contributed by atoms with Crippen molar-refractivity contribution >= 4 is 10.8 Å². The van der Waals surface area contributed by atoms with Crippen molar-refractivity contribution in [1.29, 1.82) is 0 Å². The highest BCUT2D eigenvalue weighted by Gasteiger charge is 2.32. The molecule has 2 atom stereocenters. The lowest BCUT2D eigenvalue weighted by Crippen LogP contribution is -2.04. The fourth-order valence-electron chi connectivity index (χ4n) is 2.01. The molecule has 1 saturated heterocycles. The van der Waals surface area contributed by atoms with Crippen molar-refractivity contribution in [3.63, 3.8) is 0 Å². The first-order valence-electron chi connectivity index (χ1n) is 5.65. The Morgan fingerprint density at radius 1 is 1.24 bits per heavy atom. The van der Waals surface area contributed by atoms with E-state index in [0.29, 0.717) is 6.61 Å². The number of hydrogen-bond donors (Lipinski definition) is 1. The number of epoxide rings is 1. The summed E-state index contributed by atoms with van der Waals surface area (Å²) in [5.41, 5.74) is 0.908. The number of aliphatic hydroxyl groups is 1. The standard InChI is InChI=1S/C14H14O3/c1-16-12-5-4-9-6-11(3-2-10(9)7-12)14(15)13-8-17-13/h2-7,13-15H,8H2,1H3. The minimum absolute atomic E-state index is 0.0225. The molecular weight excluding hydrogens is 216 g/mol. The molecule has 3 heteroatoms. The van der Waals surface area contributed by atoms with Crippen LogP contribution in [-0.4, -0.2) is 24.9 Å². The van der Waals surface area contributed by atoms with E-state index >= 15 is 0 Å². The van der Waals surface area contributed by atoms with Crippen molar-refractivity contribution in [2.75, 3.05) is 13.7 Å². The molecule has 1 aliphatic heterocycles. The van der Waals surface area contributed by atoms with E-state index in [0.717, 1.165) is 22.1 Å². The van der Waals surface area contributed by atoms with Gasteiger partial charge >= 0.3 is 0 Å². The Kier molecular flexibility index (Phi) is 2.50. The molecular formula is C14H14O3. The molecule has 0 aliphatic carbocycles. The molecule has 0 radical (unpaired) electrons. The first kappa shape index (κ1) is 10.6. The summed E-state index contributed by atoms with van der Waals surface area (Å²) in [6.45, 7) is 0.655. The summed E-state index contributed by atoms with van der Waals surface area (Å²) >= 11 is 0. The van der Waals surface area contributed by atoms with Crippen LogP contribution < -0.4 is 4.74 Å². The van der Waals surface area contributed by atoms with Gasteiger partial charge in [0.15, 0.2) is 0 Å². The number of hydrogen-bond acceptors (Lipinski definition) is 3. The van der Waals surface area contributed by atoms with Gasteiger partial charge in [-0.1, -0.05) is 18.2 Å². The Morgan fingerprint density at radius 3 is 2.65 bits per heavy atom. The topological polar surface area (TPSA) is 42.0 Å². The Labute approximate surface area is 99.6 Å². The lowest BCUT2D eigenvalue weighted by Gasteiger charge is -2.09. The average Bonchev–Trinajstić information content (AvgIpc) is 3.21. The lowest BCUT2D eigenvalue weighted by molar-refractivity contribution is 0.137. The van der Waals surface area contributed by atoms with Crippen LogP contribution in [0.5, 0.6) is 5.75 Å². The smallest absolute Gasteiger partial charge is 0.119 e. The summed E-state index contributed by atoms with van der Waals surface area (Å²) in [7, 11) is 1.66. The van der Waals surface area contributed by atoms with Crippen LogP contribution >= 0.6 is 0 Å². The number of aliphatic hydroxyl groups excluding tert-OH is 1. The second-order valence-electron chi connectivity index (χ2n) is 4.29. The third kappa shape index (κ3) is 1.99. The number of fused-ring (bicyclic) bond motifs is 1. The zero-order chi connectivity index (χ0) is 11.8. The summed E-state index contributed by atoms with van der Waals surface area (Å²) in [5, 5.41) is 12.2. The quantitative estimate of drug-likeness (QED) is 0.822. The van der Waals surface area contributed by atoms with Gasteiger partial charge in [0, 0.05) is 0 Å². The van der Waals surface area contributed by atoms with Crippen molar-refractivity contribution in [2.45, 2.75) is 12.2 Å². The van der Waals surface area contributed by atoms with Crippen LogP contribution in [0.2, 0.25) is 0 Å². The maximum Gasteiger partial charge on any atom is 0.119 e. The molecule has 2 aromatic carbocycles. The Hall–Kier alpha value is -1.58. The minimum Gasteiger partial charge on any atom is -0.497 e. The molecule has 0 aromatic heterocycles. The van der Waals surface area contributed by atoms with E-state index in [4.69, 9.17) is 9.47 Å². The minimum atomic E-state index is -0.512. The predicted molar refractivity (Wildman–Crippen MR) is 65.2 cm³/mol. The van der Waals surface area contributed by atoms with E-state index in [1.807, 2.05) is 36.4 Å². The highest BCUT2D eigenvalue weighted by molar-refractivity contribution is 5.84. The fourth-order valence-corrected chi connectivity index (χ4v) is 2.01. The van der Waals surface area contributed by atoms with Crippen LogP contribution in [-0.2, 0) is 4.74 Å². The maximum absolute atomic E-state index is 9.97. The molecule has 1 N–H and O–H groups in total. The molecule has 0 spiro atoms. The number of methoxy groups -OCH3 is 1. The van der Waals surface area contributed by atoms with Gasteiger partial charge in [-0.2, -0.15) is 0 Å². The van der Waals surface area contributed by atoms with E-state index in [-0.39, 0.29) is 6.10 Å². The van der Waals surface area contributed by atoms with Gasteiger partial charge in [0.1, 0.15) is 18.0 Å². The zero-order valence-electron chi connectivity index (χ0n) is 9.59. The normalized spacial score (nSPS) is 20.2. The molecule has 2 aromatic rings. The van der Waals surface area contributed by atoms with Crippen molar-refractivity contribution < 1.29 is 14.6 Å². The van der Waals surface area contributed by atoms with E-state index in [1.54, 1.807) is 7.11 Å². The summed E-state index contributed by atoms with van der Waals surface area (Å²) in [5.74, 6) is 0.844. The molecule has 88 valence electrons. The second kappa shape index (κ2) is 4.02. The largest absolute Gasteiger partial charge is 0.497 e. The summed E-state index contributed by atoms with van der Waals surface area (Å²) in [6.07, 6.45) is -0.535. The zero-order valence-corrected chi connectivity index (χ0v) is 9.59. The Balaban J connectivity index is 2.00. The molecule has 1 heterocycles. The molecule has 1 aliphatic rings. The lowest BCUT2D eigenvalue weighted by atomic mass is 10.0. The van der Waals surface area contributed by atoms with Gasteiger partial charge < -0.3 is 14.6 Å². The molecule has 1 fully saturated rings. The molecule has 17 heavy (non-hydrogen) atoms. The maximum atomic E-state index is 9.97. The van der Waals surface area contributed by atoms with Crippen LogP contribution in [0, 0.1) is 0 Å². The highest BCUT2D eigenvalue weighted by atomic mass is 16.6. The molecule has 2 unspecified atom stereocenters. The third-order valence-electron chi connectivity index (χ3n) is 3.12. The second-order valence-corrected chi connectivity index (χ2v) is 4.29. The Morgan fingerprint density at radius 2 is 1.94 bits per heavy atom. The Bertz CT molecular complexity index is 546. The SMILES string of the molecule is COc1ccc2cc(C(O)C3CO3)ccc2c1. The van der Waals surface area contributed by atoms with Gasteiger partial charge in [-0.05, 0) is 34.5 Å². The van der Waals surface area contributed by atoms with Crippen molar-refractivity contribution in [2.24, 2.45) is 0 Å². The van der Waals surface area contributed by atoms with Crippen LogP contribution in [0.1, 0.15) is 11.7 Å². The number of rotatable bonds is 3. The third-order valence-corrected chi connectivity index (χ3v) is 3.12. The van der Waals surface area contributed by atoms with E-state index in [1.165, 1.54) is 0 Å². The van der Waals surface area contributed by atoms with Crippen molar-refractivity contribution in [1.82, 2.24) is 0 Å². The van der Waals surface area contributed by atoms with Crippen molar-refractivity contribution in [3.05, 3.63) is 42.0 Å². The fraction of sp³-hybridized carbons (Fsp3) is 0.286. The van der Waals surface area contributed by atoms with E-state index in [9.17, 15) is 5.11 Å². The molecule has 3 rings (SSSR count). The molecule has 0 amide bonds. The van der Waals surface area contributed by atoms with Gasteiger partial charge in [0.25, 0.3) is 0 Å². The number of benzene rings is 2. The van der Waals surface area contributed by atoms with E-state index < -0.39 is 6.10 Å². The van der Waals surface area contributed by atoms with E-state index in [2.05, 4.69) is 0 Å². The van der Waals surface area contributed by atoms with Crippen LogP contribution in [0.3, 0.4) is 0 Å². The summed E-state index contributed by atoms with van der Waals surface area (Å²) in [6, 6.07) is 11.8. The molecule has 0 saturated carbocycles. The van der Waals surface area contributed by atoms with Crippen LogP contribution in [0.4, 0.5) is 0 Å². The monoisotopic (exact) mass is 230 g/mol. The average molecular weight is 230 g/mol. The molecule has 3 nitrogen and oxygen atoms in total. The molecule has 0 bridgehead atoms. The highest BCUT2D eigenvalue weighted by Crippen LogP contribution is 2.30. The first-order chi connectivity index (χ1) is 8.28. The van der Waals surface area contributed by atoms with Crippen LogP contribution in [0.25, 0.3) is 10.8 Å². The van der Waals surface area contributed by atoms with Gasteiger partial charge in [-0.3, -0.25) is 0 Å². The summed E-state index contributed by atoms with van der Waals surface area (Å²) in [4.78, 5) is 0. The van der Waals surface area contributed by atoms with Gasteiger partial charge in [-0.25, -0.2) is 0 Å².